The maximum absolute atomic E-state index is 13.9. The van der Waals surface area contributed by atoms with E-state index in [0.29, 0.717) is 19.0 Å². The van der Waals surface area contributed by atoms with Crippen LogP contribution in [0.1, 0.15) is 0 Å². The molecule has 0 spiro atoms. The summed E-state index contributed by atoms with van der Waals surface area (Å²) in [5.41, 5.74) is 2.30. The highest BCUT2D eigenvalue weighted by atomic mass is 19.1. The van der Waals surface area contributed by atoms with E-state index in [0.717, 1.165) is 41.1 Å². The van der Waals surface area contributed by atoms with Crippen molar-refractivity contribution in [1.29, 1.82) is 0 Å². The van der Waals surface area contributed by atoms with Crippen LogP contribution in [0.5, 0.6) is 5.75 Å². The number of aromatic amines is 1. The second-order valence-electron chi connectivity index (χ2n) is 5.60. The Balaban J connectivity index is 1.89. The number of aromatic nitrogens is 3. The van der Waals surface area contributed by atoms with Crippen LogP contribution >= 0.6 is 0 Å². The fourth-order valence-corrected chi connectivity index (χ4v) is 3.03. The first-order chi connectivity index (χ1) is 11.8. The molecule has 124 valence electrons. The minimum atomic E-state index is -0.344. The number of fused-ring (bicyclic) bond motifs is 1. The van der Waals surface area contributed by atoms with Crippen molar-refractivity contribution < 1.29 is 13.9 Å². The third-order valence-electron chi connectivity index (χ3n) is 4.18. The molecule has 7 heteroatoms. The largest absolute Gasteiger partial charge is 0.497 e. The number of hydrogen-bond acceptors (Lipinski definition) is 5. The molecule has 1 aromatic carbocycles. The van der Waals surface area contributed by atoms with Gasteiger partial charge in [-0.3, -0.25) is 0 Å². The molecule has 0 amide bonds. The molecule has 1 fully saturated rings. The zero-order valence-corrected chi connectivity index (χ0v) is 13.3. The van der Waals surface area contributed by atoms with Crippen LogP contribution in [0.2, 0.25) is 0 Å². The average Bonchev–Trinajstić information content (AvgIpc) is 3.06. The predicted molar refractivity (Wildman–Crippen MR) is 88.9 cm³/mol. The van der Waals surface area contributed by atoms with Gasteiger partial charge in [0.2, 0.25) is 0 Å². The Morgan fingerprint density at radius 2 is 2.04 bits per heavy atom. The summed E-state index contributed by atoms with van der Waals surface area (Å²) in [6, 6.07) is 4.65. The summed E-state index contributed by atoms with van der Waals surface area (Å²) in [5.74, 6) is 0.968. The Bertz CT molecular complexity index is 874. The van der Waals surface area contributed by atoms with Gasteiger partial charge in [-0.25, -0.2) is 14.4 Å². The summed E-state index contributed by atoms with van der Waals surface area (Å²) < 4.78 is 24.5. The number of nitrogens with zero attached hydrogens (tertiary/aromatic N) is 3. The molecule has 0 saturated carbocycles. The maximum Gasteiger partial charge on any atom is 0.143 e. The van der Waals surface area contributed by atoms with E-state index in [1.807, 2.05) is 12.3 Å². The van der Waals surface area contributed by atoms with Crippen LogP contribution in [0.4, 0.5) is 10.2 Å². The summed E-state index contributed by atoms with van der Waals surface area (Å²) in [5, 5.41) is 0.882. The van der Waals surface area contributed by atoms with Crippen LogP contribution in [-0.2, 0) is 4.74 Å². The van der Waals surface area contributed by atoms with Crippen molar-refractivity contribution in [3.8, 4) is 16.9 Å². The first-order valence-electron chi connectivity index (χ1n) is 7.76. The minimum absolute atomic E-state index is 0.344. The van der Waals surface area contributed by atoms with Crippen LogP contribution < -0.4 is 9.64 Å². The predicted octanol–water partition coefficient (Wildman–Crippen LogP) is 2.61. The van der Waals surface area contributed by atoms with Crippen molar-refractivity contribution in [2.45, 2.75) is 0 Å². The van der Waals surface area contributed by atoms with Crippen molar-refractivity contribution in [3.05, 3.63) is 36.5 Å². The van der Waals surface area contributed by atoms with E-state index in [-0.39, 0.29) is 5.82 Å². The van der Waals surface area contributed by atoms with E-state index in [9.17, 15) is 4.39 Å². The van der Waals surface area contributed by atoms with E-state index in [1.54, 1.807) is 6.33 Å². The van der Waals surface area contributed by atoms with E-state index < -0.39 is 0 Å². The molecule has 1 aliphatic rings. The Hall–Kier alpha value is -2.67. The Morgan fingerprint density at radius 3 is 2.83 bits per heavy atom. The molecule has 1 aliphatic heterocycles. The maximum atomic E-state index is 13.9. The molecule has 6 nitrogen and oxygen atoms in total. The highest BCUT2D eigenvalue weighted by Gasteiger charge is 2.20. The minimum Gasteiger partial charge on any atom is -0.497 e. The Morgan fingerprint density at radius 1 is 1.21 bits per heavy atom. The Labute approximate surface area is 138 Å². The molecule has 0 unspecified atom stereocenters. The fraction of sp³-hybridized carbons (Fsp3) is 0.294. The number of methoxy groups -OCH3 is 1. The van der Waals surface area contributed by atoms with Gasteiger partial charge < -0.3 is 19.4 Å². The molecular weight excluding hydrogens is 311 g/mol. The lowest BCUT2D eigenvalue weighted by molar-refractivity contribution is 0.122. The zero-order valence-electron chi connectivity index (χ0n) is 13.3. The van der Waals surface area contributed by atoms with Gasteiger partial charge in [0.05, 0.1) is 25.7 Å². The van der Waals surface area contributed by atoms with Crippen LogP contribution in [0.25, 0.3) is 22.2 Å². The molecule has 0 atom stereocenters. The molecule has 4 rings (SSSR count). The highest BCUT2D eigenvalue weighted by molar-refractivity contribution is 6.01. The van der Waals surface area contributed by atoms with Gasteiger partial charge in [-0.15, -0.1) is 0 Å². The van der Waals surface area contributed by atoms with E-state index >= 15 is 0 Å². The monoisotopic (exact) mass is 328 g/mol. The smallest absolute Gasteiger partial charge is 0.143 e. The van der Waals surface area contributed by atoms with Crippen LogP contribution in [0.3, 0.4) is 0 Å². The van der Waals surface area contributed by atoms with Crippen molar-refractivity contribution in [1.82, 2.24) is 15.0 Å². The molecule has 0 aliphatic carbocycles. The summed E-state index contributed by atoms with van der Waals surface area (Å²) in [7, 11) is 1.52. The van der Waals surface area contributed by atoms with E-state index in [1.165, 1.54) is 19.2 Å². The lowest BCUT2D eigenvalue weighted by atomic mass is 10.1. The number of H-pyrrole nitrogens is 1. The number of ether oxygens (including phenoxy) is 2. The molecular formula is C17H17FN4O2. The van der Waals surface area contributed by atoms with Crippen molar-refractivity contribution in [3.63, 3.8) is 0 Å². The Kier molecular flexibility index (Phi) is 3.78. The average molecular weight is 328 g/mol. The number of halogens is 1. The summed E-state index contributed by atoms with van der Waals surface area (Å²) in [6.45, 7) is 2.87. The number of hydrogen-bond donors (Lipinski definition) is 1. The molecule has 3 aromatic rings. The normalized spacial score (nSPS) is 15.0. The third kappa shape index (κ3) is 2.56. The van der Waals surface area contributed by atoms with Crippen LogP contribution in [0.15, 0.2) is 30.7 Å². The number of benzene rings is 1. The number of rotatable bonds is 3. The summed E-state index contributed by atoms with van der Waals surface area (Å²) >= 11 is 0. The number of morpholine rings is 1. The number of nitrogens with one attached hydrogen (secondary N) is 1. The molecule has 1 N–H and O–H groups in total. The van der Waals surface area contributed by atoms with Gasteiger partial charge in [0.15, 0.2) is 0 Å². The van der Waals surface area contributed by atoms with Crippen LogP contribution in [0, 0.1) is 5.82 Å². The fourth-order valence-electron chi connectivity index (χ4n) is 3.03. The molecule has 0 bridgehead atoms. The molecule has 2 aromatic heterocycles. The van der Waals surface area contributed by atoms with Gasteiger partial charge in [0.25, 0.3) is 0 Å². The second kappa shape index (κ2) is 6.09. The zero-order chi connectivity index (χ0) is 16.5. The first kappa shape index (κ1) is 14.9. The molecule has 0 radical (unpaired) electrons. The van der Waals surface area contributed by atoms with Crippen molar-refractivity contribution in [2.24, 2.45) is 0 Å². The molecule has 24 heavy (non-hydrogen) atoms. The van der Waals surface area contributed by atoms with E-state index in [4.69, 9.17) is 9.47 Å². The first-order valence-corrected chi connectivity index (χ1v) is 7.76. The van der Waals surface area contributed by atoms with Crippen molar-refractivity contribution in [2.75, 3.05) is 38.3 Å². The van der Waals surface area contributed by atoms with E-state index in [2.05, 4.69) is 19.9 Å². The lowest BCUT2D eigenvalue weighted by Crippen LogP contribution is -2.36. The van der Waals surface area contributed by atoms with Gasteiger partial charge in [-0.1, -0.05) is 0 Å². The van der Waals surface area contributed by atoms with Gasteiger partial charge in [-0.2, -0.15) is 0 Å². The SMILES string of the molecule is COc1cc(F)cc(-c2c[nH]c3ncnc(N4CCOCC4)c23)c1. The highest BCUT2D eigenvalue weighted by Crippen LogP contribution is 2.35. The summed E-state index contributed by atoms with van der Waals surface area (Å²) in [4.78, 5) is 14.1. The van der Waals surface area contributed by atoms with Crippen LogP contribution in [-0.4, -0.2) is 48.4 Å². The van der Waals surface area contributed by atoms with Gasteiger partial charge in [0, 0.05) is 30.9 Å². The topological polar surface area (TPSA) is 63.3 Å². The molecule has 1 saturated heterocycles. The van der Waals surface area contributed by atoms with Crippen molar-refractivity contribution >= 4 is 16.9 Å². The summed E-state index contributed by atoms with van der Waals surface area (Å²) in [6.07, 6.45) is 3.37. The lowest BCUT2D eigenvalue weighted by Gasteiger charge is -2.28. The third-order valence-corrected chi connectivity index (χ3v) is 4.18. The van der Waals surface area contributed by atoms with Gasteiger partial charge in [-0.05, 0) is 17.7 Å². The molecule has 3 heterocycles. The van der Waals surface area contributed by atoms with Gasteiger partial charge in [0.1, 0.15) is 29.4 Å². The number of anilines is 1. The quantitative estimate of drug-likeness (QED) is 0.801. The second-order valence-corrected chi connectivity index (χ2v) is 5.60. The standard InChI is InChI=1S/C17H17FN4O2/c1-23-13-7-11(6-12(18)8-13)14-9-19-16-15(14)17(21-10-20-16)22-2-4-24-5-3-22/h6-10H,2-5H2,1H3,(H,19,20,21). The van der Waals surface area contributed by atoms with Gasteiger partial charge >= 0.3 is 0 Å².